The van der Waals surface area contributed by atoms with Gasteiger partial charge in [-0.1, -0.05) is 0 Å². The van der Waals surface area contributed by atoms with Gasteiger partial charge in [-0.15, -0.1) is 11.6 Å². The van der Waals surface area contributed by atoms with Gasteiger partial charge < -0.3 is 9.47 Å². The van der Waals surface area contributed by atoms with Crippen LogP contribution in [-0.4, -0.2) is 34.7 Å². The number of hydrogen-bond donors (Lipinski definition) is 0. The topological polar surface area (TPSA) is 18.5 Å². The van der Waals surface area contributed by atoms with E-state index in [2.05, 4.69) is 10.2 Å². The Kier molecular flexibility index (Phi) is 6.23. The zero-order valence-electron chi connectivity index (χ0n) is 7.02. The predicted molar refractivity (Wildman–Crippen MR) is 47.1 cm³/mol. The summed E-state index contributed by atoms with van der Waals surface area (Å²) in [6.45, 7) is 5.06. The normalized spacial score (nSPS) is 12.0. The summed E-state index contributed by atoms with van der Waals surface area (Å²) in [5.74, 6) is 0.517. The molecule has 0 aromatic carbocycles. The van der Waals surface area contributed by atoms with Gasteiger partial charge in [0.2, 0.25) is 0 Å². The highest BCUT2D eigenvalue weighted by molar-refractivity contribution is 6.19. The molecule has 0 atom stereocenters. The molecule has 4 heteroatoms. The Balaban J connectivity index is 3.79. The molecule has 0 unspecified atom stereocenters. The molecule has 0 saturated carbocycles. The summed E-state index contributed by atoms with van der Waals surface area (Å²) in [6, 6.07) is 0. The third kappa shape index (κ3) is 4.79. The van der Waals surface area contributed by atoms with Crippen LogP contribution < -0.4 is 0 Å². The second-order valence-corrected chi connectivity index (χ2v) is 3.20. The van der Waals surface area contributed by atoms with Gasteiger partial charge in [0.1, 0.15) is 15.7 Å². The third-order valence-electron chi connectivity index (χ3n) is 1.18. The summed E-state index contributed by atoms with van der Waals surface area (Å²) >= 11 is 5.57. The van der Waals surface area contributed by atoms with E-state index in [1.165, 1.54) is 0 Å². The fourth-order valence-electron chi connectivity index (χ4n) is 0.777. The van der Waals surface area contributed by atoms with Crippen LogP contribution in [0.3, 0.4) is 0 Å². The minimum absolute atomic E-state index is 0.517. The van der Waals surface area contributed by atoms with Gasteiger partial charge in [-0.3, -0.25) is 0 Å². The number of hydrogen-bond acceptors (Lipinski definition) is 2. The molecule has 65 valence electrons. The third-order valence-corrected chi connectivity index (χ3v) is 1.91. The van der Waals surface area contributed by atoms with Crippen molar-refractivity contribution in [1.82, 2.24) is 0 Å². The number of ether oxygens (including phenoxy) is 2. The predicted octanol–water partition coefficient (Wildman–Crippen LogP) is 1.51. The molecule has 0 aliphatic rings. The first kappa shape index (κ1) is 11.4. The zero-order valence-corrected chi connectivity index (χ0v) is 8.78. The molecule has 0 heterocycles. The minimum atomic E-state index is -0.675. The van der Waals surface area contributed by atoms with E-state index in [-0.39, 0.29) is 0 Å². The summed E-state index contributed by atoms with van der Waals surface area (Å²) in [7, 11) is 3.39. The molecule has 0 aliphatic carbocycles. The van der Waals surface area contributed by atoms with Crippen LogP contribution in [0.1, 0.15) is 20.3 Å². The van der Waals surface area contributed by atoms with E-state index in [1.54, 1.807) is 0 Å². The molecular weight excluding hydrogens is 180 g/mol. The summed E-state index contributed by atoms with van der Waals surface area (Å²) in [5, 5.41) is 0. The van der Waals surface area contributed by atoms with Crippen LogP contribution >= 0.6 is 11.6 Å². The van der Waals surface area contributed by atoms with Crippen molar-refractivity contribution in [2.24, 2.45) is 0 Å². The highest BCUT2D eigenvalue weighted by atomic mass is 35.5. The highest BCUT2D eigenvalue weighted by Crippen LogP contribution is 2.14. The van der Waals surface area contributed by atoms with Crippen molar-refractivity contribution in [3.8, 4) is 0 Å². The Morgan fingerprint density at radius 2 is 1.73 bits per heavy atom. The van der Waals surface area contributed by atoms with Crippen LogP contribution in [0.2, 0.25) is 0 Å². The van der Waals surface area contributed by atoms with E-state index in [1.807, 2.05) is 13.8 Å². The Labute approximate surface area is 76.6 Å². The summed E-state index contributed by atoms with van der Waals surface area (Å²) in [6.07, 6.45) is 0.646. The first-order chi connectivity index (χ1) is 5.18. The van der Waals surface area contributed by atoms with Gasteiger partial charge in [0.25, 0.3) is 0 Å². The molecule has 0 fully saturated rings. The van der Waals surface area contributed by atoms with Crippen LogP contribution in [-0.2, 0) is 9.47 Å². The van der Waals surface area contributed by atoms with Gasteiger partial charge in [0, 0.05) is 25.5 Å². The van der Waals surface area contributed by atoms with E-state index in [0.29, 0.717) is 25.5 Å². The lowest BCUT2D eigenvalue weighted by Crippen LogP contribution is -2.37. The molecular formula is C7H14ClO2Si. The summed E-state index contributed by atoms with van der Waals surface area (Å²) in [5.41, 5.74) is -0.675. The first-order valence-electron chi connectivity index (χ1n) is 3.77. The average molecular weight is 194 g/mol. The monoisotopic (exact) mass is 193 g/mol. The Bertz CT molecular complexity index is 83.4. The van der Waals surface area contributed by atoms with Gasteiger partial charge in [0.15, 0.2) is 0 Å². The van der Waals surface area contributed by atoms with E-state index in [9.17, 15) is 0 Å². The van der Waals surface area contributed by atoms with Gasteiger partial charge >= 0.3 is 0 Å². The van der Waals surface area contributed by atoms with Crippen LogP contribution in [0, 0.1) is 0 Å². The lowest BCUT2D eigenvalue weighted by molar-refractivity contribution is -0.173. The van der Waals surface area contributed by atoms with Gasteiger partial charge in [-0.05, 0) is 13.8 Å². The Morgan fingerprint density at radius 1 is 1.27 bits per heavy atom. The zero-order chi connectivity index (χ0) is 8.74. The van der Waals surface area contributed by atoms with Crippen LogP contribution in [0.15, 0.2) is 0 Å². The minimum Gasteiger partial charge on any atom is -0.355 e. The molecule has 0 bridgehead atoms. The van der Waals surface area contributed by atoms with E-state index in [4.69, 9.17) is 21.1 Å². The molecule has 11 heavy (non-hydrogen) atoms. The van der Waals surface area contributed by atoms with Gasteiger partial charge in [-0.2, -0.15) is 0 Å². The second-order valence-electron chi connectivity index (χ2n) is 2.06. The van der Waals surface area contributed by atoms with E-state index < -0.39 is 5.41 Å². The number of rotatable bonds is 6. The Hall–Kier alpha value is 0.427. The molecule has 0 N–H and O–H groups in total. The molecule has 0 saturated heterocycles. The molecule has 0 aromatic rings. The smallest absolute Gasteiger partial charge is 0.145 e. The SMILES string of the molecule is CCOC([Si])(CCCl)OCC. The van der Waals surface area contributed by atoms with Gasteiger partial charge in [0.05, 0.1) is 0 Å². The van der Waals surface area contributed by atoms with E-state index in [0.717, 1.165) is 0 Å². The maximum absolute atomic E-state index is 5.57. The largest absolute Gasteiger partial charge is 0.355 e. The van der Waals surface area contributed by atoms with Crippen molar-refractivity contribution in [3.05, 3.63) is 0 Å². The molecule has 0 spiro atoms. The fourth-order valence-corrected chi connectivity index (χ4v) is 1.60. The molecule has 0 aromatic heterocycles. The maximum atomic E-state index is 5.57. The lowest BCUT2D eigenvalue weighted by atomic mass is 10.4. The summed E-state index contributed by atoms with van der Waals surface area (Å²) in [4.78, 5) is 0. The maximum Gasteiger partial charge on any atom is 0.145 e. The van der Waals surface area contributed by atoms with Crippen molar-refractivity contribution in [2.75, 3.05) is 19.1 Å². The fraction of sp³-hybridized carbons (Fsp3) is 1.00. The average Bonchev–Trinajstić information content (AvgIpc) is 1.88. The van der Waals surface area contributed by atoms with Crippen molar-refractivity contribution in [3.63, 3.8) is 0 Å². The van der Waals surface area contributed by atoms with Crippen LogP contribution in [0.5, 0.6) is 0 Å². The molecule has 3 radical (unpaired) electrons. The quantitative estimate of drug-likeness (QED) is 0.362. The second kappa shape index (κ2) is 6.00. The molecule has 0 aliphatic heterocycles. The van der Waals surface area contributed by atoms with Crippen LogP contribution in [0.4, 0.5) is 0 Å². The standard InChI is InChI=1S/C7H14ClO2Si/c1-3-9-7(11,5-6-8)10-4-2/h3-6H2,1-2H3. The van der Waals surface area contributed by atoms with Gasteiger partial charge in [-0.25, -0.2) is 0 Å². The highest BCUT2D eigenvalue weighted by Gasteiger charge is 2.23. The molecule has 0 rings (SSSR count). The number of alkyl halides is 1. The Morgan fingerprint density at radius 3 is 2.00 bits per heavy atom. The van der Waals surface area contributed by atoms with Crippen molar-refractivity contribution < 1.29 is 9.47 Å². The van der Waals surface area contributed by atoms with Crippen molar-refractivity contribution >= 4 is 21.8 Å². The number of halogens is 1. The van der Waals surface area contributed by atoms with E-state index >= 15 is 0 Å². The first-order valence-corrected chi connectivity index (χ1v) is 4.81. The lowest BCUT2D eigenvalue weighted by Gasteiger charge is -2.28. The summed E-state index contributed by atoms with van der Waals surface area (Å²) < 4.78 is 10.6. The van der Waals surface area contributed by atoms with Crippen LogP contribution in [0.25, 0.3) is 0 Å². The molecule has 2 nitrogen and oxygen atoms in total. The van der Waals surface area contributed by atoms with Crippen molar-refractivity contribution in [1.29, 1.82) is 0 Å². The molecule has 0 amide bonds. The van der Waals surface area contributed by atoms with Crippen molar-refractivity contribution in [2.45, 2.75) is 25.7 Å².